The van der Waals surface area contributed by atoms with E-state index in [2.05, 4.69) is 10.3 Å². The van der Waals surface area contributed by atoms with Crippen molar-refractivity contribution < 1.29 is 29.6 Å². The van der Waals surface area contributed by atoms with Crippen molar-refractivity contribution in [2.24, 2.45) is 0 Å². The Morgan fingerprint density at radius 2 is 1.89 bits per heavy atom. The van der Waals surface area contributed by atoms with Crippen LogP contribution in [0.2, 0.25) is 0 Å². The zero-order chi connectivity index (χ0) is 13.8. The molecule has 1 heterocycles. The fourth-order valence-electron chi connectivity index (χ4n) is 1.22. The maximum Gasteiger partial charge on any atom is 0.338 e. The van der Waals surface area contributed by atoms with Crippen LogP contribution in [0.15, 0.2) is 12.3 Å². The van der Waals surface area contributed by atoms with Crippen LogP contribution in [0.25, 0.3) is 0 Å². The van der Waals surface area contributed by atoms with Crippen molar-refractivity contribution in [3.8, 4) is 0 Å². The summed E-state index contributed by atoms with van der Waals surface area (Å²) in [6.07, 6.45) is 1.06. The van der Waals surface area contributed by atoms with E-state index in [1.165, 1.54) is 0 Å². The molecule has 0 atom stereocenters. The van der Waals surface area contributed by atoms with E-state index in [9.17, 15) is 9.18 Å². The van der Waals surface area contributed by atoms with Gasteiger partial charge in [0.05, 0.1) is 19.8 Å². The van der Waals surface area contributed by atoms with Gasteiger partial charge >= 0.3 is 5.97 Å². The van der Waals surface area contributed by atoms with Gasteiger partial charge in [-0.3, -0.25) is 0 Å². The number of aromatic nitrogens is 1. The van der Waals surface area contributed by atoms with Crippen LogP contribution in [0.5, 0.6) is 0 Å². The highest BCUT2D eigenvalue weighted by molar-refractivity contribution is 5.88. The average molecular weight is 260 g/mol. The lowest BCUT2D eigenvalue weighted by Gasteiger charge is -2.29. The van der Waals surface area contributed by atoms with Crippen LogP contribution in [0.4, 0.5) is 10.2 Å². The highest BCUT2D eigenvalue weighted by Gasteiger charge is 2.30. The summed E-state index contributed by atoms with van der Waals surface area (Å²) in [5.74, 6) is -3.07. The smallest absolute Gasteiger partial charge is 0.338 e. The van der Waals surface area contributed by atoms with E-state index in [0.29, 0.717) is 0 Å². The van der Waals surface area contributed by atoms with Gasteiger partial charge in [0.25, 0.3) is 0 Å². The lowest BCUT2D eigenvalue weighted by Crippen LogP contribution is -2.49. The summed E-state index contributed by atoms with van der Waals surface area (Å²) in [4.78, 5) is 14.3. The average Bonchev–Trinajstić information content (AvgIpc) is 2.38. The van der Waals surface area contributed by atoms with Gasteiger partial charge in [0.2, 0.25) is 0 Å². The Balaban J connectivity index is 3.11. The molecule has 7 nitrogen and oxygen atoms in total. The van der Waals surface area contributed by atoms with Crippen LogP contribution in [0, 0.1) is 5.82 Å². The zero-order valence-electron chi connectivity index (χ0n) is 9.30. The van der Waals surface area contributed by atoms with Gasteiger partial charge in [0, 0.05) is 6.20 Å². The number of nitrogens with one attached hydrogen (secondary N) is 1. The third kappa shape index (κ3) is 2.73. The van der Waals surface area contributed by atoms with E-state index < -0.39 is 48.5 Å². The molecule has 0 aliphatic heterocycles. The van der Waals surface area contributed by atoms with Crippen molar-refractivity contribution in [2.75, 3.05) is 25.1 Å². The van der Waals surface area contributed by atoms with Crippen molar-refractivity contribution in [3.63, 3.8) is 0 Å². The molecule has 1 aromatic rings. The molecule has 0 saturated heterocycles. The highest BCUT2D eigenvalue weighted by atomic mass is 19.1. The molecule has 1 aromatic heterocycles. The van der Waals surface area contributed by atoms with Gasteiger partial charge in [-0.1, -0.05) is 0 Å². The standard InChI is InChI=1S/C10H13FN2O5/c11-7-6(9(17)18)1-2-12-8(7)13-10(3-14,4-15)5-16/h1-2,14-16H,3-5H2,(H,12,13)(H,17,18). The third-order valence-corrected chi connectivity index (χ3v) is 2.41. The minimum atomic E-state index is -1.58. The largest absolute Gasteiger partial charge is 0.478 e. The lowest BCUT2D eigenvalue weighted by molar-refractivity contribution is 0.0691. The molecule has 0 radical (unpaired) electrons. The minimum Gasteiger partial charge on any atom is -0.478 e. The Kier molecular flexibility index (Phi) is 4.54. The Hall–Kier alpha value is -1.77. The number of aromatic carboxylic acids is 1. The molecule has 1 rings (SSSR count). The Morgan fingerprint density at radius 3 is 2.33 bits per heavy atom. The summed E-state index contributed by atoms with van der Waals surface area (Å²) in [5, 5.41) is 38.2. The molecule has 0 spiro atoms. The van der Waals surface area contributed by atoms with Gasteiger partial charge in [-0.05, 0) is 6.07 Å². The molecular weight excluding hydrogens is 247 g/mol. The second-order valence-corrected chi connectivity index (χ2v) is 3.71. The first-order valence-corrected chi connectivity index (χ1v) is 4.98. The van der Waals surface area contributed by atoms with Crippen LogP contribution >= 0.6 is 0 Å². The zero-order valence-corrected chi connectivity index (χ0v) is 9.30. The van der Waals surface area contributed by atoms with Crippen LogP contribution in [-0.2, 0) is 0 Å². The molecule has 0 fully saturated rings. The van der Waals surface area contributed by atoms with E-state index in [0.717, 1.165) is 12.3 Å². The molecule has 0 aliphatic rings. The molecule has 0 aromatic carbocycles. The first-order valence-electron chi connectivity index (χ1n) is 4.98. The van der Waals surface area contributed by atoms with Crippen LogP contribution < -0.4 is 5.32 Å². The molecule has 0 aliphatic carbocycles. The summed E-state index contributed by atoms with van der Waals surface area (Å²) in [5.41, 5.74) is -2.18. The second kappa shape index (κ2) is 5.71. The van der Waals surface area contributed by atoms with Crippen LogP contribution in [0.3, 0.4) is 0 Å². The number of carboxylic acid groups (broad SMARTS) is 1. The molecule has 5 N–H and O–H groups in total. The van der Waals surface area contributed by atoms with Crippen LogP contribution in [0.1, 0.15) is 10.4 Å². The summed E-state index contributed by atoms with van der Waals surface area (Å²) in [7, 11) is 0. The number of pyridine rings is 1. The minimum absolute atomic E-state index is 0.466. The third-order valence-electron chi connectivity index (χ3n) is 2.41. The van der Waals surface area contributed by atoms with E-state index in [4.69, 9.17) is 20.4 Å². The number of aliphatic hydroxyl groups excluding tert-OH is 3. The Bertz CT molecular complexity index is 428. The second-order valence-electron chi connectivity index (χ2n) is 3.71. The van der Waals surface area contributed by atoms with Gasteiger partial charge < -0.3 is 25.7 Å². The van der Waals surface area contributed by atoms with Gasteiger partial charge in [0.1, 0.15) is 11.1 Å². The predicted octanol–water partition coefficient (Wildman–Crippen LogP) is -0.954. The van der Waals surface area contributed by atoms with Crippen molar-refractivity contribution in [1.82, 2.24) is 4.98 Å². The fourth-order valence-corrected chi connectivity index (χ4v) is 1.22. The molecule has 0 bridgehead atoms. The van der Waals surface area contributed by atoms with Crippen molar-refractivity contribution in [3.05, 3.63) is 23.6 Å². The first kappa shape index (κ1) is 14.3. The molecule has 0 amide bonds. The lowest BCUT2D eigenvalue weighted by atomic mass is 10.0. The summed E-state index contributed by atoms with van der Waals surface area (Å²) >= 11 is 0. The molecule has 0 unspecified atom stereocenters. The Labute approximate surface area is 102 Å². The van der Waals surface area contributed by atoms with E-state index in [1.807, 2.05) is 0 Å². The molecule has 8 heteroatoms. The van der Waals surface area contributed by atoms with Gasteiger partial charge in [0.15, 0.2) is 11.6 Å². The maximum atomic E-state index is 13.7. The number of aliphatic hydroxyl groups is 3. The number of carbonyl (C=O) groups is 1. The summed E-state index contributed by atoms with van der Waals surface area (Å²) < 4.78 is 13.7. The van der Waals surface area contributed by atoms with Crippen LogP contribution in [-0.4, -0.2) is 56.7 Å². The first-order chi connectivity index (χ1) is 8.49. The number of rotatable bonds is 6. The maximum absolute atomic E-state index is 13.7. The monoisotopic (exact) mass is 260 g/mol. The van der Waals surface area contributed by atoms with E-state index in [1.54, 1.807) is 0 Å². The fraction of sp³-hybridized carbons (Fsp3) is 0.400. The van der Waals surface area contributed by atoms with Crippen molar-refractivity contribution in [2.45, 2.75) is 5.54 Å². The summed E-state index contributed by atoms with van der Waals surface area (Å²) in [6.45, 7) is -2.05. The number of nitrogens with zero attached hydrogens (tertiary/aromatic N) is 1. The topological polar surface area (TPSA) is 123 Å². The number of carboxylic acids is 1. The predicted molar refractivity (Wildman–Crippen MR) is 58.8 cm³/mol. The summed E-state index contributed by atoms with van der Waals surface area (Å²) in [6, 6.07) is 0.974. The van der Waals surface area contributed by atoms with Gasteiger partial charge in [-0.2, -0.15) is 0 Å². The molecule has 18 heavy (non-hydrogen) atoms. The van der Waals surface area contributed by atoms with Gasteiger partial charge in [-0.25, -0.2) is 14.2 Å². The number of halogens is 1. The molecular formula is C10H13FN2O5. The number of hydrogen-bond acceptors (Lipinski definition) is 6. The Morgan fingerprint density at radius 1 is 1.33 bits per heavy atom. The van der Waals surface area contributed by atoms with Crippen molar-refractivity contribution >= 4 is 11.8 Å². The van der Waals surface area contributed by atoms with E-state index in [-0.39, 0.29) is 0 Å². The van der Waals surface area contributed by atoms with Crippen molar-refractivity contribution in [1.29, 1.82) is 0 Å². The van der Waals surface area contributed by atoms with E-state index >= 15 is 0 Å². The SMILES string of the molecule is O=C(O)c1ccnc(NC(CO)(CO)CO)c1F. The molecule has 100 valence electrons. The number of anilines is 1. The normalized spacial score (nSPS) is 11.3. The number of hydrogen-bond donors (Lipinski definition) is 5. The highest BCUT2D eigenvalue weighted by Crippen LogP contribution is 2.19. The van der Waals surface area contributed by atoms with Gasteiger partial charge in [-0.15, -0.1) is 0 Å². The molecule has 0 saturated carbocycles. The quantitative estimate of drug-likeness (QED) is 0.446.